The molecule has 0 aliphatic rings. The zero-order valence-electron chi connectivity index (χ0n) is 17.1. The molecule has 0 spiro atoms. The van der Waals surface area contributed by atoms with Crippen molar-refractivity contribution in [3.05, 3.63) is 60.2 Å². The maximum Gasteiger partial charge on any atom is 0.264 e. The van der Waals surface area contributed by atoms with Crippen LogP contribution >= 0.6 is 0 Å². The van der Waals surface area contributed by atoms with Crippen LogP contribution < -0.4 is 9.62 Å². The molecule has 0 heterocycles. The number of nitrogens with one attached hydrogen (secondary N) is 1. The lowest BCUT2D eigenvalue weighted by Gasteiger charge is -2.22. The molecule has 29 heavy (non-hydrogen) atoms. The van der Waals surface area contributed by atoms with Crippen LogP contribution in [-0.2, 0) is 14.8 Å². The predicted molar refractivity (Wildman–Crippen MR) is 113 cm³/mol. The molecule has 7 nitrogen and oxygen atoms in total. The number of amides is 2. The lowest BCUT2D eigenvalue weighted by molar-refractivity contribution is -0.122. The van der Waals surface area contributed by atoms with Gasteiger partial charge in [0.25, 0.3) is 15.9 Å². The highest BCUT2D eigenvalue weighted by atomic mass is 32.2. The molecule has 1 N–H and O–H groups in total. The lowest BCUT2D eigenvalue weighted by Crippen LogP contribution is -2.42. The highest BCUT2D eigenvalue weighted by Crippen LogP contribution is 2.22. The molecule has 0 aromatic heterocycles. The molecule has 2 aromatic rings. The highest BCUT2D eigenvalue weighted by molar-refractivity contribution is 7.92. The van der Waals surface area contributed by atoms with E-state index in [-0.39, 0.29) is 29.3 Å². The number of para-hydroxylation sites is 1. The molecule has 2 rings (SSSR count). The summed E-state index contributed by atoms with van der Waals surface area (Å²) >= 11 is 0. The van der Waals surface area contributed by atoms with Crippen LogP contribution in [0.25, 0.3) is 0 Å². The molecular formula is C21H27N3O4S. The Balaban J connectivity index is 2.18. The van der Waals surface area contributed by atoms with E-state index in [0.717, 1.165) is 0 Å². The van der Waals surface area contributed by atoms with Crippen molar-refractivity contribution >= 4 is 27.5 Å². The second kappa shape index (κ2) is 9.56. The molecule has 0 aliphatic carbocycles. The molecule has 0 bridgehead atoms. The Morgan fingerprint density at radius 2 is 1.59 bits per heavy atom. The second-order valence-electron chi connectivity index (χ2n) is 6.87. The number of carbonyl (C=O) groups is 2. The van der Waals surface area contributed by atoms with E-state index >= 15 is 0 Å². The Morgan fingerprint density at radius 1 is 1.00 bits per heavy atom. The maximum atomic E-state index is 12.8. The van der Waals surface area contributed by atoms with Gasteiger partial charge in [-0.1, -0.05) is 18.2 Å². The van der Waals surface area contributed by atoms with Crippen LogP contribution in [0.5, 0.6) is 0 Å². The van der Waals surface area contributed by atoms with Crippen LogP contribution in [0.15, 0.2) is 59.5 Å². The Bertz CT molecular complexity index is 942. The van der Waals surface area contributed by atoms with Crippen molar-refractivity contribution in [2.75, 3.05) is 24.4 Å². The summed E-state index contributed by atoms with van der Waals surface area (Å²) in [6, 6.07) is 14.5. The first-order valence-corrected chi connectivity index (χ1v) is 10.8. The summed E-state index contributed by atoms with van der Waals surface area (Å²) in [5.74, 6) is -0.564. The van der Waals surface area contributed by atoms with Crippen LogP contribution in [0.2, 0.25) is 0 Å². The van der Waals surface area contributed by atoms with Crippen molar-refractivity contribution in [2.45, 2.75) is 31.7 Å². The van der Waals surface area contributed by atoms with E-state index in [0.29, 0.717) is 17.8 Å². The predicted octanol–water partition coefficient (Wildman–Crippen LogP) is 2.50. The third-order valence-corrected chi connectivity index (χ3v) is 6.13. The lowest BCUT2D eigenvalue weighted by atomic mass is 10.2. The first-order valence-electron chi connectivity index (χ1n) is 9.39. The van der Waals surface area contributed by atoms with Gasteiger partial charge in [-0.15, -0.1) is 0 Å². The first-order chi connectivity index (χ1) is 13.7. The minimum Gasteiger partial charge on any atom is -0.352 e. The fourth-order valence-electron chi connectivity index (χ4n) is 2.76. The van der Waals surface area contributed by atoms with Crippen LogP contribution in [0.1, 0.15) is 31.1 Å². The van der Waals surface area contributed by atoms with Gasteiger partial charge in [0.05, 0.1) is 17.1 Å². The summed E-state index contributed by atoms with van der Waals surface area (Å²) in [7, 11) is -2.27. The summed E-state index contributed by atoms with van der Waals surface area (Å²) in [6.45, 7) is 5.79. The second-order valence-corrected chi connectivity index (χ2v) is 8.84. The minimum absolute atomic E-state index is 0.0117. The minimum atomic E-state index is -3.75. The number of nitrogens with zero attached hydrogens (tertiary/aromatic N) is 2. The van der Waals surface area contributed by atoms with Gasteiger partial charge in [-0.2, -0.15) is 0 Å². The zero-order chi connectivity index (χ0) is 21.6. The molecular weight excluding hydrogens is 390 g/mol. The van der Waals surface area contributed by atoms with Crippen molar-refractivity contribution in [2.24, 2.45) is 0 Å². The van der Waals surface area contributed by atoms with E-state index in [1.807, 2.05) is 19.9 Å². The molecule has 0 unspecified atom stereocenters. The standard InChI is InChI=1S/C21H27N3O4S/c1-5-24(15-20(25)22-16(2)3)21(26)17-11-13-19(14-12-17)29(27,28)23(4)18-9-7-6-8-10-18/h6-14,16H,5,15H2,1-4H3,(H,22,25). The number of sulfonamides is 1. The maximum absolute atomic E-state index is 12.8. The summed E-state index contributed by atoms with van der Waals surface area (Å²) in [5.41, 5.74) is 0.867. The number of likely N-dealkylation sites (N-methyl/N-ethyl adjacent to an activating group) is 1. The van der Waals surface area contributed by atoms with Crippen LogP contribution in [0.3, 0.4) is 0 Å². The smallest absolute Gasteiger partial charge is 0.264 e. The number of benzene rings is 2. The van der Waals surface area contributed by atoms with Crippen LogP contribution in [0.4, 0.5) is 5.69 Å². The molecule has 2 aromatic carbocycles. The van der Waals surface area contributed by atoms with Crippen molar-refractivity contribution in [1.29, 1.82) is 0 Å². The molecule has 2 amide bonds. The zero-order valence-corrected chi connectivity index (χ0v) is 17.9. The van der Waals surface area contributed by atoms with E-state index in [4.69, 9.17) is 0 Å². The number of carbonyl (C=O) groups excluding carboxylic acids is 2. The van der Waals surface area contributed by atoms with Crippen molar-refractivity contribution in [1.82, 2.24) is 10.2 Å². The van der Waals surface area contributed by atoms with E-state index < -0.39 is 10.0 Å². The molecule has 0 fully saturated rings. The van der Waals surface area contributed by atoms with E-state index in [1.165, 1.54) is 40.5 Å². The van der Waals surface area contributed by atoms with Gasteiger partial charge in [-0.25, -0.2) is 8.42 Å². The summed E-state index contributed by atoms with van der Waals surface area (Å²) < 4.78 is 26.9. The molecule has 0 radical (unpaired) electrons. The molecule has 156 valence electrons. The fourth-order valence-corrected chi connectivity index (χ4v) is 3.95. The first kappa shape index (κ1) is 22.4. The average Bonchev–Trinajstić information content (AvgIpc) is 2.71. The monoisotopic (exact) mass is 417 g/mol. The third-order valence-electron chi connectivity index (χ3n) is 4.33. The van der Waals surface area contributed by atoms with Gasteiger partial charge in [0.15, 0.2) is 0 Å². The van der Waals surface area contributed by atoms with Gasteiger partial charge >= 0.3 is 0 Å². The van der Waals surface area contributed by atoms with Gasteiger partial charge in [0.1, 0.15) is 0 Å². The molecule has 0 saturated carbocycles. The topological polar surface area (TPSA) is 86.8 Å². The summed E-state index contributed by atoms with van der Waals surface area (Å²) in [6.07, 6.45) is 0. The Labute approximate surface area is 172 Å². The normalized spacial score (nSPS) is 11.2. The Kier molecular flexibility index (Phi) is 7.39. The Morgan fingerprint density at radius 3 is 2.10 bits per heavy atom. The molecule has 0 atom stereocenters. The van der Waals surface area contributed by atoms with Gasteiger partial charge in [-0.05, 0) is 57.2 Å². The van der Waals surface area contributed by atoms with Crippen LogP contribution in [0, 0.1) is 0 Å². The third kappa shape index (κ3) is 5.57. The average molecular weight is 418 g/mol. The number of hydrogen-bond donors (Lipinski definition) is 1. The summed E-state index contributed by atoms with van der Waals surface area (Å²) in [4.78, 5) is 26.2. The van der Waals surface area contributed by atoms with Gasteiger partial charge in [-0.3, -0.25) is 13.9 Å². The quantitative estimate of drug-likeness (QED) is 0.715. The van der Waals surface area contributed by atoms with Crippen molar-refractivity contribution in [3.63, 3.8) is 0 Å². The molecule has 8 heteroatoms. The highest BCUT2D eigenvalue weighted by Gasteiger charge is 2.23. The van der Waals surface area contributed by atoms with Gasteiger partial charge in [0, 0.05) is 25.2 Å². The molecule has 0 saturated heterocycles. The molecule has 0 aliphatic heterocycles. The number of anilines is 1. The van der Waals surface area contributed by atoms with Gasteiger partial charge in [0.2, 0.25) is 5.91 Å². The van der Waals surface area contributed by atoms with Crippen molar-refractivity contribution in [3.8, 4) is 0 Å². The van der Waals surface area contributed by atoms with Crippen LogP contribution in [-0.4, -0.2) is 51.3 Å². The Hall–Kier alpha value is -2.87. The number of rotatable bonds is 8. The largest absolute Gasteiger partial charge is 0.352 e. The SMILES string of the molecule is CCN(CC(=O)NC(C)C)C(=O)c1ccc(S(=O)(=O)N(C)c2ccccc2)cc1. The van der Waals surface area contributed by atoms with Crippen molar-refractivity contribution < 1.29 is 18.0 Å². The number of hydrogen-bond acceptors (Lipinski definition) is 4. The van der Waals surface area contributed by atoms with E-state index in [2.05, 4.69) is 5.32 Å². The van der Waals surface area contributed by atoms with E-state index in [1.54, 1.807) is 31.2 Å². The fraction of sp³-hybridized carbons (Fsp3) is 0.333. The van der Waals surface area contributed by atoms with Gasteiger partial charge < -0.3 is 10.2 Å². The summed E-state index contributed by atoms with van der Waals surface area (Å²) in [5, 5.41) is 2.75. The van der Waals surface area contributed by atoms with E-state index in [9.17, 15) is 18.0 Å².